The molecule has 1 heterocycles. The topological polar surface area (TPSA) is 46.3 Å². The largest absolute Gasteiger partial charge is 0.507 e. The molecule has 1 N–H and O–H groups in total. The van der Waals surface area contributed by atoms with E-state index in [0.29, 0.717) is 24.5 Å². The molecule has 0 amide bonds. The number of phenols is 1. The number of hydrogen-bond donors (Lipinski definition) is 1. The Morgan fingerprint density at radius 2 is 1.85 bits per heavy atom. The Morgan fingerprint density at radius 3 is 2.65 bits per heavy atom. The molecule has 3 nitrogen and oxygen atoms in total. The van der Waals surface area contributed by atoms with Crippen LogP contribution in [-0.4, -0.2) is 10.1 Å². The zero-order chi connectivity index (χ0) is 17.8. The third-order valence-electron chi connectivity index (χ3n) is 4.27. The second kappa shape index (κ2) is 7.16. The number of hydrogen-bond acceptors (Lipinski definition) is 3. The molecule has 3 aromatic carbocycles. The van der Waals surface area contributed by atoms with E-state index >= 15 is 0 Å². The summed E-state index contributed by atoms with van der Waals surface area (Å²) in [4.78, 5) is 4.05. The van der Waals surface area contributed by atoms with Gasteiger partial charge in [0.1, 0.15) is 12.0 Å². The summed E-state index contributed by atoms with van der Waals surface area (Å²) in [5.41, 5.74) is 2.94. The van der Waals surface area contributed by atoms with Gasteiger partial charge in [0, 0.05) is 17.4 Å². The minimum Gasteiger partial charge on any atom is -0.507 e. The molecule has 1 aromatic heterocycles. The van der Waals surface area contributed by atoms with E-state index in [1.54, 1.807) is 12.5 Å². The highest BCUT2D eigenvalue weighted by Gasteiger charge is 2.08. The molecule has 0 aliphatic rings. The van der Waals surface area contributed by atoms with E-state index in [1.807, 2.05) is 48.5 Å². The maximum Gasteiger partial charge on any atom is 0.205 e. The minimum atomic E-state index is 0.322. The molecule has 0 atom stereocenters. The van der Waals surface area contributed by atoms with E-state index in [9.17, 15) is 5.11 Å². The number of nitrogens with zero attached hydrogens (tertiary/aromatic N) is 1. The summed E-state index contributed by atoms with van der Waals surface area (Å²) in [7, 11) is 0. The van der Waals surface area contributed by atoms with Crippen molar-refractivity contribution in [3.05, 3.63) is 95.7 Å². The van der Waals surface area contributed by atoms with Crippen molar-refractivity contribution >= 4 is 10.8 Å². The van der Waals surface area contributed by atoms with Gasteiger partial charge < -0.3 is 9.52 Å². The van der Waals surface area contributed by atoms with Gasteiger partial charge in [-0.15, -0.1) is 0 Å². The van der Waals surface area contributed by atoms with Crippen LogP contribution in [0.4, 0.5) is 0 Å². The smallest absolute Gasteiger partial charge is 0.205 e. The van der Waals surface area contributed by atoms with Crippen LogP contribution in [0.2, 0.25) is 0 Å². The lowest BCUT2D eigenvalue weighted by atomic mass is 9.98. The minimum absolute atomic E-state index is 0.322. The molecule has 0 bridgehead atoms. The number of oxazole rings is 1. The maximum absolute atomic E-state index is 10.7. The molecular weight excluding hydrogens is 322 g/mol. The molecule has 0 saturated heterocycles. The molecule has 126 valence electrons. The summed E-state index contributed by atoms with van der Waals surface area (Å²) < 4.78 is 5.18. The average molecular weight is 339 g/mol. The highest BCUT2D eigenvalue weighted by molar-refractivity contribution is 5.90. The fourth-order valence-corrected chi connectivity index (χ4v) is 2.95. The van der Waals surface area contributed by atoms with Crippen LogP contribution in [0.5, 0.6) is 5.75 Å². The molecule has 4 rings (SSSR count). The highest BCUT2D eigenvalue weighted by Crippen LogP contribution is 2.31. The van der Waals surface area contributed by atoms with Crippen molar-refractivity contribution in [3.8, 4) is 17.6 Å². The van der Waals surface area contributed by atoms with Crippen LogP contribution in [0.1, 0.15) is 22.6 Å². The second-order valence-electron chi connectivity index (χ2n) is 6.08. The molecule has 0 aliphatic heterocycles. The first-order chi connectivity index (χ1) is 12.8. The van der Waals surface area contributed by atoms with Gasteiger partial charge in [0.2, 0.25) is 5.89 Å². The number of aromatic nitrogens is 1. The SMILES string of the molecule is Oc1c(Cc2ccccc2)ccc2ccc(C#CCc3ncco3)cc12. The number of phenolic OH excluding ortho intramolecular Hbond substituents is 1. The first-order valence-electron chi connectivity index (χ1n) is 8.45. The Kier molecular flexibility index (Phi) is 4.40. The van der Waals surface area contributed by atoms with Gasteiger partial charge in [-0.3, -0.25) is 0 Å². The zero-order valence-corrected chi connectivity index (χ0v) is 14.1. The van der Waals surface area contributed by atoms with Crippen molar-refractivity contribution in [2.24, 2.45) is 0 Å². The monoisotopic (exact) mass is 339 g/mol. The average Bonchev–Trinajstić information content (AvgIpc) is 3.19. The number of benzene rings is 3. The summed E-state index contributed by atoms with van der Waals surface area (Å²) in [5, 5.41) is 12.6. The van der Waals surface area contributed by atoms with Crippen molar-refractivity contribution in [2.75, 3.05) is 0 Å². The van der Waals surface area contributed by atoms with E-state index in [0.717, 1.165) is 21.9 Å². The molecule has 0 saturated carbocycles. The number of fused-ring (bicyclic) bond motifs is 1. The summed E-state index contributed by atoms with van der Waals surface area (Å²) in [6, 6.07) is 20.0. The van der Waals surface area contributed by atoms with Crippen molar-refractivity contribution in [1.82, 2.24) is 4.98 Å². The van der Waals surface area contributed by atoms with Gasteiger partial charge >= 0.3 is 0 Å². The first kappa shape index (κ1) is 16.0. The Morgan fingerprint density at radius 1 is 1.00 bits per heavy atom. The molecule has 26 heavy (non-hydrogen) atoms. The quantitative estimate of drug-likeness (QED) is 0.550. The van der Waals surface area contributed by atoms with E-state index in [4.69, 9.17) is 4.42 Å². The Labute approximate surface area is 151 Å². The Bertz CT molecular complexity index is 1090. The maximum atomic E-state index is 10.7. The predicted molar refractivity (Wildman–Crippen MR) is 102 cm³/mol. The van der Waals surface area contributed by atoms with Crippen LogP contribution in [-0.2, 0) is 12.8 Å². The van der Waals surface area contributed by atoms with Crippen LogP contribution in [0.25, 0.3) is 10.8 Å². The van der Waals surface area contributed by atoms with Gasteiger partial charge in [-0.2, -0.15) is 0 Å². The third kappa shape index (κ3) is 3.45. The zero-order valence-electron chi connectivity index (χ0n) is 14.1. The molecule has 0 spiro atoms. The molecule has 0 unspecified atom stereocenters. The summed E-state index contributed by atoms with van der Waals surface area (Å²) >= 11 is 0. The van der Waals surface area contributed by atoms with Crippen molar-refractivity contribution in [3.63, 3.8) is 0 Å². The van der Waals surface area contributed by atoms with Gasteiger partial charge in [-0.1, -0.05) is 60.4 Å². The standard InChI is InChI=1S/C23H17NO2/c25-23-20(15-17-5-2-1-3-6-17)12-11-19-10-9-18(16-21(19)23)7-4-8-22-24-13-14-26-22/h1-3,5-6,9-14,16,25H,8,15H2. The normalized spacial score (nSPS) is 10.5. The van der Waals surface area contributed by atoms with E-state index < -0.39 is 0 Å². The fourth-order valence-electron chi connectivity index (χ4n) is 2.95. The van der Waals surface area contributed by atoms with E-state index in [-0.39, 0.29) is 0 Å². The van der Waals surface area contributed by atoms with Gasteiger partial charge in [-0.05, 0) is 28.6 Å². The lowest BCUT2D eigenvalue weighted by molar-refractivity contribution is 0.476. The van der Waals surface area contributed by atoms with Crippen LogP contribution < -0.4 is 0 Å². The van der Waals surface area contributed by atoms with Crippen LogP contribution >= 0.6 is 0 Å². The molecule has 0 aliphatic carbocycles. The van der Waals surface area contributed by atoms with E-state index in [2.05, 4.69) is 29.0 Å². The number of aromatic hydroxyl groups is 1. The lowest BCUT2D eigenvalue weighted by Gasteiger charge is -2.09. The molecule has 0 radical (unpaired) electrons. The van der Waals surface area contributed by atoms with Crippen molar-refractivity contribution < 1.29 is 9.52 Å². The van der Waals surface area contributed by atoms with Gasteiger partial charge in [0.25, 0.3) is 0 Å². The fraction of sp³-hybridized carbons (Fsp3) is 0.0870. The van der Waals surface area contributed by atoms with Crippen LogP contribution in [0.15, 0.2) is 77.5 Å². The highest BCUT2D eigenvalue weighted by atomic mass is 16.3. The van der Waals surface area contributed by atoms with E-state index in [1.165, 1.54) is 5.56 Å². The number of rotatable bonds is 3. The Hall–Kier alpha value is -3.51. The van der Waals surface area contributed by atoms with Gasteiger partial charge in [0.15, 0.2) is 0 Å². The molecule has 4 aromatic rings. The van der Waals surface area contributed by atoms with Gasteiger partial charge in [0.05, 0.1) is 12.6 Å². The van der Waals surface area contributed by atoms with Crippen LogP contribution in [0, 0.1) is 11.8 Å². The third-order valence-corrected chi connectivity index (χ3v) is 4.27. The second-order valence-corrected chi connectivity index (χ2v) is 6.08. The molecule has 0 fully saturated rings. The van der Waals surface area contributed by atoms with Gasteiger partial charge in [-0.25, -0.2) is 4.98 Å². The Balaban J connectivity index is 1.64. The summed E-state index contributed by atoms with van der Waals surface area (Å²) in [6.07, 6.45) is 4.31. The summed E-state index contributed by atoms with van der Waals surface area (Å²) in [6.45, 7) is 0. The van der Waals surface area contributed by atoms with Crippen LogP contribution in [0.3, 0.4) is 0 Å². The van der Waals surface area contributed by atoms with Crippen molar-refractivity contribution in [2.45, 2.75) is 12.8 Å². The predicted octanol–water partition coefficient (Wildman–Crippen LogP) is 4.72. The summed E-state index contributed by atoms with van der Waals surface area (Å²) in [5.74, 6) is 7.09. The molecular formula is C23H17NO2. The lowest BCUT2D eigenvalue weighted by Crippen LogP contribution is -1.90. The van der Waals surface area contributed by atoms with Crippen molar-refractivity contribution in [1.29, 1.82) is 0 Å². The molecule has 3 heteroatoms. The first-order valence-corrected chi connectivity index (χ1v) is 8.45.